The topological polar surface area (TPSA) is 84.7 Å². The van der Waals surface area contributed by atoms with Crippen molar-refractivity contribution >= 4 is 15.9 Å². The minimum atomic E-state index is -3.38. The fraction of sp³-hybridized carbons (Fsp3) is 0.500. The molecule has 2 aromatic rings. The Hall–Kier alpha value is -2.39. The van der Waals surface area contributed by atoms with Crippen molar-refractivity contribution in [2.75, 3.05) is 33.0 Å². The lowest BCUT2D eigenvalue weighted by Gasteiger charge is -2.27. The molecule has 1 fully saturated rings. The van der Waals surface area contributed by atoms with Crippen molar-refractivity contribution in [1.82, 2.24) is 18.8 Å². The quantitative estimate of drug-likeness (QED) is 0.643. The van der Waals surface area contributed by atoms with Gasteiger partial charge >= 0.3 is 0 Å². The van der Waals surface area contributed by atoms with E-state index >= 15 is 0 Å². The Morgan fingerprint density at radius 2 is 2.03 bits per heavy atom. The van der Waals surface area contributed by atoms with Crippen LogP contribution < -0.4 is 4.74 Å². The van der Waals surface area contributed by atoms with E-state index in [1.165, 1.54) is 10.6 Å². The summed E-state index contributed by atoms with van der Waals surface area (Å²) in [6.07, 6.45) is 5.72. The molecule has 0 saturated carbocycles. The Kier molecular flexibility index (Phi) is 6.59. The van der Waals surface area contributed by atoms with Crippen LogP contribution in [0.1, 0.15) is 17.8 Å². The Morgan fingerprint density at radius 1 is 1.31 bits per heavy atom. The summed E-state index contributed by atoms with van der Waals surface area (Å²) in [7, 11) is -1.78. The Labute approximate surface area is 172 Å². The van der Waals surface area contributed by atoms with Gasteiger partial charge in [-0.25, -0.2) is 13.4 Å². The highest BCUT2D eigenvalue weighted by molar-refractivity contribution is 7.88. The summed E-state index contributed by atoms with van der Waals surface area (Å²) in [5.41, 5.74) is 0.912. The Bertz CT molecular complexity index is 940. The molecule has 1 aliphatic heterocycles. The first kappa shape index (κ1) is 21.3. The number of carbonyl (C=O) groups is 1. The molecule has 0 bridgehead atoms. The normalized spacial score (nSPS) is 17.1. The lowest BCUT2D eigenvalue weighted by Crippen LogP contribution is -2.43. The molecule has 8 nitrogen and oxygen atoms in total. The molecule has 2 heterocycles. The van der Waals surface area contributed by atoms with E-state index < -0.39 is 10.0 Å². The maximum Gasteiger partial charge on any atom is 0.227 e. The highest BCUT2D eigenvalue weighted by atomic mass is 32.2. The van der Waals surface area contributed by atoms with Crippen LogP contribution >= 0.6 is 0 Å². The van der Waals surface area contributed by atoms with Gasteiger partial charge in [-0.05, 0) is 31.0 Å². The highest BCUT2D eigenvalue weighted by Gasteiger charge is 2.34. The average molecular weight is 421 g/mol. The van der Waals surface area contributed by atoms with Gasteiger partial charge in [-0.15, -0.1) is 0 Å². The standard InChI is InChI=1S/C20H28N4O4S/c1-16-21-9-11-22(16)12-13-24(29(3,26)27)18-8-10-23(15-18)20(25)14-17-4-6-19(28-2)7-5-17/h4-7,9,11,18H,8,10,12-15H2,1-3H3. The fourth-order valence-corrected chi connectivity index (χ4v) is 4.83. The van der Waals surface area contributed by atoms with Crippen LogP contribution in [0.5, 0.6) is 5.75 Å². The zero-order valence-corrected chi connectivity index (χ0v) is 17.9. The van der Waals surface area contributed by atoms with E-state index in [4.69, 9.17) is 4.74 Å². The third-order valence-corrected chi connectivity index (χ3v) is 6.68. The summed E-state index contributed by atoms with van der Waals surface area (Å²) >= 11 is 0. The molecular formula is C20H28N4O4S. The van der Waals surface area contributed by atoms with Crippen molar-refractivity contribution in [2.24, 2.45) is 0 Å². The number of carbonyl (C=O) groups excluding carboxylic acids is 1. The van der Waals surface area contributed by atoms with E-state index in [9.17, 15) is 13.2 Å². The van der Waals surface area contributed by atoms with Crippen LogP contribution in [0.2, 0.25) is 0 Å². The number of rotatable bonds is 8. The maximum absolute atomic E-state index is 12.7. The van der Waals surface area contributed by atoms with Crippen molar-refractivity contribution in [3.63, 3.8) is 0 Å². The lowest BCUT2D eigenvalue weighted by atomic mass is 10.1. The van der Waals surface area contributed by atoms with Crippen LogP contribution in [-0.4, -0.2) is 72.1 Å². The summed E-state index contributed by atoms with van der Waals surface area (Å²) in [5, 5.41) is 0. The van der Waals surface area contributed by atoms with Gasteiger partial charge in [0.05, 0.1) is 19.8 Å². The molecule has 0 spiro atoms. The summed E-state index contributed by atoms with van der Waals surface area (Å²) in [6, 6.07) is 7.22. The van der Waals surface area contributed by atoms with Crippen LogP contribution in [0.15, 0.2) is 36.7 Å². The maximum atomic E-state index is 12.7. The molecule has 3 rings (SSSR count). The van der Waals surface area contributed by atoms with Crippen molar-refractivity contribution in [3.8, 4) is 5.75 Å². The lowest BCUT2D eigenvalue weighted by molar-refractivity contribution is -0.129. The fourth-order valence-electron chi connectivity index (χ4n) is 3.70. The smallest absolute Gasteiger partial charge is 0.227 e. The van der Waals surface area contributed by atoms with Gasteiger partial charge in [0.15, 0.2) is 0 Å². The van der Waals surface area contributed by atoms with Crippen LogP contribution in [0.4, 0.5) is 0 Å². The van der Waals surface area contributed by atoms with E-state index in [0.29, 0.717) is 39.0 Å². The monoisotopic (exact) mass is 420 g/mol. The van der Waals surface area contributed by atoms with Crippen LogP contribution in [-0.2, 0) is 27.8 Å². The van der Waals surface area contributed by atoms with Gasteiger partial charge in [0.2, 0.25) is 15.9 Å². The van der Waals surface area contributed by atoms with Gasteiger partial charge in [0, 0.05) is 44.6 Å². The highest BCUT2D eigenvalue weighted by Crippen LogP contribution is 2.20. The van der Waals surface area contributed by atoms with E-state index in [1.807, 2.05) is 42.0 Å². The van der Waals surface area contributed by atoms with Gasteiger partial charge in [0.1, 0.15) is 11.6 Å². The Balaban J connectivity index is 1.61. The van der Waals surface area contributed by atoms with Gasteiger partial charge in [-0.1, -0.05) is 12.1 Å². The SMILES string of the molecule is COc1ccc(CC(=O)N2CCC(N(CCn3ccnc3C)S(C)(=O)=O)C2)cc1. The minimum Gasteiger partial charge on any atom is -0.497 e. The summed E-state index contributed by atoms with van der Waals surface area (Å²) in [5.74, 6) is 1.61. The van der Waals surface area contributed by atoms with Crippen LogP contribution in [0, 0.1) is 6.92 Å². The molecule has 29 heavy (non-hydrogen) atoms. The zero-order chi connectivity index (χ0) is 21.0. The summed E-state index contributed by atoms with van der Waals surface area (Å²) in [4.78, 5) is 18.6. The second kappa shape index (κ2) is 8.96. The number of ether oxygens (including phenoxy) is 1. The second-order valence-electron chi connectivity index (χ2n) is 7.35. The van der Waals surface area contributed by atoms with Gasteiger partial charge < -0.3 is 14.2 Å². The number of hydrogen-bond acceptors (Lipinski definition) is 5. The third kappa shape index (κ3) is 5.36. The number of likely N-dealkylation sites (tertiary alicyclic amines) is 1. The van der Waals surface area contributed by atoms with Crippen LogP contribution in [0.3, 0.4) is 0 Å². The number of aromatic nitrogens is 2. The number of hydrogen-bond donors (Lipinski definition) is 0. The molecule has 9 heteroatoms. The molecule has 1 aromatic carbocycles. The molecule has 0 N–H and O–H groups in total. The predicted molar refractivity (Wildman–Crippen MR) is 110 cm³/mol. The molecule has 0 radical (unpaired) electrons. The largest absolute Gasteiger partial charge is 0.497 e. The first-order valence-electron chi connectivity index (χ1n) is 9.63. The second-order valence-corrected chi connectivity index (χ2v) is 9.28. The number of benzene rings is 1. The summed E-state index contributed by atoms with van der Waals surface area (Å²) in [6.45, 7) is 3.77. The number of nitrogens with zero attached hydrogens (tertiary/aromatic N) is 4. The number of amides is 1. The number of methoxy groups -OCH3 is 1. The molecule has 1 atom stereocenters. The minimum absolute atomic E-state index is 0.0107. The molecule has 1 unspecified atom stereocenters. The molecule has 1 amide bonds. The molecule has 1 aromatic heterocycles. The number of aryl methyl sites for hydroxylation is 1. The van der Waals surface area contributed by atoms with E-state index in [2.05, 4.69) is 4.98 Å². The van der Waals surface area contributed by atoms with Gasteiger partial charge in [-0.3, -0.25) is 4.79 Å². The van der Waals surface area contributed by atoms with Crippen molar-refractivity contribution in [2.45, 2.75) is 32.4 Å². The summed E-state index contributed by atoms with van der Waals surface area (Å²) < 4.78 is 33.3. The van der Waals surface area contributed by atoms with Crippen LogP contribution in [0.25, 0.3) is 0 Å². The van der Waals surface area contributed by atoms with E-state index in [0.717, 1.165) is 17.1 Å². The molecule has 158 valence electrons. The molecule has 1 saturated heterocycles. The Morgan fingerprint density at radius 3 is 2.62 bits per heavy atom. The van der Waals surface area contributed by atoms with E-state index in [1.54, 1.807) is 18.2 Å². The third-order valence-electron chi connectivity index (χ3n) is 5.35. The van der Waals surface area contributed by atoms with Crippen molar-refractivity contribution < 1.29 is 17.9 Å². The number of imidazole rings is 1. The van der Waals surface area contributed by atoms with Gasteiger partial charge in [-0.2, -0.15) is 4.31 Å². The molecule has 1 aliphatic rings. The molecular weight excluding hydrogens is 392 g/mol. The van der Waals surface area contributed by atoms with Crippen molar-refractivity contribution in [1.29, 1.82) is 0 Å². The van der Waals surface area contributed by atoms with Crippen molar-refractivity contribution in [3.05, 3.63) is 48.0 Å². The number of sulfonamides is 1. The molecule has 0 aliphatic carbocycles. The predicted octanol–water partition coefficient (Wildman–Crippen LogP) is 1.31. The van der Waals surface area contributed by atoms with Gasteiger partial charge in [0.25, 0.3) is 0 Å². The first-order chi connectivity index (χ1) is 13.8. The first-order valence-corrected chi connectivity index (χ1v) is 11.5. The average Bonchev–Trinajstić information content (AvgIpc) is 3.31. The van der Waals surface area contributed by atoms with E-state index in [-0.39, 0.29) is 11.9 Å². The zero-order valence-electron chi connectivity index (χ0n) is 17.1.